The molecule has 146 valence electrons. The summed E-state index contributed by atoms with van der Waals surface area (Å²) in [4.78, 5) is 21.5. The molecule has 3 rings (SSSR count). The number of hydroxylamine groups is 1. The average molecular weight is 400 g/mol. The number of aryl methyl sites for hydroxylation is 1. The summed E-state index contributed by atoms with van der Waals surface area (Å²) in [6.07, 6.45) is 1.56. The lowest BCUT2D eigenvalue weighted by Gasteiger charge is -2.14. The Labute approximate surface area is 168 Å². The lowest BCUT2D eigenvalue weighted by molar-refractivity contribution is 0.0538. The van der Waals surface area contributed by atoms with Crippen molar-refractivity contribution in [3.8, 4) is 11.1 Å². The van der Waals surface area contributed by atoms with E-state index in [9.17, 15) is 4.79 Å². The summed E-state index contributed by atoms with van der Waals surface area (Å²) in [5.41, 5.74) is 5.07. The fourth-order valence-corrected chi connectivity index (χ4v) is 3.12. The Morgan fingerprint density at radius 3 is 2.68 bits per heavy atom. The van der Waals surface area contributed by atoms with Crippen molar-refractivity contribution in [1.29, 1.82) is 0 Å². The van der Waals surface area contributed by atoms with Crippen LogP contribution < -0.4 is 10.8 Å². The van der Waals surface area contributed by atoms with Crippen LogP contribution in [0.25, 0.3) is 11.1 Å². The molecule has 0 radical (unpaired) electrons. The zero-order chi connectivity index (χ0) is 20.3. The quantitative estimate of drug-likeness (QED) is 0.595. The van der Waals surface area contributed by atoms with Crippen molar-refractivity contribution in [3.05, 3.63) is 58.9 Å². The number of pyridine rings is 1. The first kappa shape index (κ1) is 19.9. The minimum atomic E-state index is -0.353. The number of anilines is 2. The second kappa shape index (κ2) is 8.41. The molecule has 0 atom stereocenters. The van der Waals surface area contributed by atoms with Gasteiger partial charge in [-0.05, 0) is 38.5 Å². The van der Waals surface area contributed by atoms with E-state index in [0.29, 0.717) is 27.5 Å². The predicted molar refractivity (Wildman–Crippen MR) is 110 cm³/mol. The van der Waals surface area contributed by atoms with Gasteiger partial charge in [0, 0.05) is 29.4 Å². The molecule has 3 aromatic rings. The number of aromatic nitrogens is 3. The van der Waals surface area contributed by atoms with E-state index in [0.717, 1.165) is 11.5 Å². The fraction of sp³-hybridized carbons (Fsp3) is 0.250. The van der Waals surface area contributed by atoms with E-state index >= 15 is 0 Å². The molecular weight excluding hydrogens is 378 g/mol. The normalized spacial score (nSPS) is 10.9. The van der Waals surface area contributed by atoms with Crippen molar-refractivity contribution in [1.82, 2.24) is 20.2 Å². The van der Waals surface area contributed by atoms with Crippen molar-refractivity contribution in [2.45, 2.75) is 26.8 Å². The van der Waals surface area contributed by atoms with Crippen molar-refractivity contribution < 1.29 is 9.63 Å². The van der Waals surface area contributed by atoms with E-state index in [1.54, 1.807) is 18.3 Å². The van der Waals surface area contributed by atoms with Crippen molar-refractivity contribution >= 4 is 29.1 Å². The third kappa shape index (κ3) is 4.16. The van der Waals surface area contributed by atoms with Crippen molar-refractivity contribution in [2.24, 2.45) is 0 Å². The van der Waals surface area contributed by atoms with Gasteiger partial charge in [0.2, 0.25) is 0 Å². The lowest BCUT2D eigenvalue weighted by atomic mass is 10.00. The summed E-state index contributed by atoms with van der Waals surface area (Å²) in [5.74, 6) is 1.08. The third-order valence-corrected chi connectivity index (χ3v) is 4.42. The highest BCUT2D eigenvalue weighted by molar-refractivity contribution is 6.33. The maximum absolute atomic E-state index is 12.3. The highest BCUT2D eigenvalue weighted by Gasteiger charge is 2.16. The molecule has 0 unspecified atom stereocenters. The maximum Gasteiger partial charge on any atom is 0.275 e. The molecule has 0 fully saturated rings. The van der Waals surface area contributed by atoms with Crippen LogP contribution in [0.3, 0.4) is 0 Å². The van der Waals surface area contributed by atoms with Gasteiger partial charge >= 0.3 is 0 Å². The lowest BCUT2D eigenvalue weighted by Crippen LogP contribution is -2.22. The highest BCUT2D eigenvalue weighted by atomic mass is 35.5. The Kier molecular flexibility index (Phi) is 5.96. The van der Waals surface area contributed by atoms with Crippen molar-refractivity contribution in [3.63, 3.8) is 0 Å². The molecule has 2 N–H and O–H groups in total. The van der Waals surface area contributed by atoms with Gasteiger partial charge in [0.25, 0.3) is 5.91 Å². The highest BCUT2D eigenvalue weighted by Crippen LogP contribution is 2.33. The average Bonchev–Trinajstić information content (AvgIpc) is 3.04. The molecule has 0 aliphatic carbocycles. The zero-order valence-corrected chi connectivity index (χ0v) is 16.9. The summed E-state index contributed by atoms with van der Waals surface area (Å²) in [6.45, 7) is 6.06. The fourth-order valence-electron chi connectivity index (χ4n) is 2.91. The molecule has 8 heteroatoms. The first-order valence-corrected chi connectivity index (χ1v) is 9.20. The van der Waals surface area contributed by atoms with Gasteiger partial charge in [0.1, 0.15) is 11.6 Å². The van der Waals surface area contributed by atoms with Gasteiger partial charge in [-0.1, -0.05) is 29.8 Å². The molecule has 0 saturated carbocycles. The van der Waals surface area contributed by atoms with Crippen LogP contribution in [0.15, 0.2) is 42.6 Å². The van der Waals surface area contributed by atoms with Crippen LogP contribution in [-0.2, 0) is 4.84 Å². The molecule has 2 heterocycles. The Bertz CT molecular complexity index is 1000. The molecule has 0 spiro atoms. The van der Waals surface area contributed by atoms with E-state index in [1.807, 2.05) is 35.9 Å². The molecule has 0 aliphatic rings. The van der Waals surface area contributed by atoms with Crippen LogP contribution in [0, 0.1) is 6.92 Å². The predicted octanol–water partition coefficient (Wildman–Crippen LogP) is 4.52. The molecule has 1 amide bonds. The Hall–Kier alpha value is -2.90. The number of carbonyl (C=O) groups excluding carboxylic acids is 1. The van der Waals surface area contributed by atoms with E-state index in [1.165, 1.54) is 7.11 Å². The number of hydrogen-bond donors (Lipinski definition) is 2. The van der Waals surface area contributed by atoms with Gasteiger partial charge < -0.3 is 5.32 Å². The van der Waals surface area contributed by atoms with Gasteiger partial charge in [-0.15, -0.1) is 0 Å². The summed E-state index contributed by atoms with van der Waals surface area (Å²) < 4.78 is 1.89. The second-order valence-corrected chi connectivity index (χ2v) is 6.97. The van der Waals surface area contributed by atoms with Crippen LogP contribution in [0.5, 0.6) is 0 Å². The first-order valence-electron chi connectivity index (χ1n) is 8.82. The minimum Gasteiger partial charge on any atom is -0.325 e. The Balaban J connectivity index is 2.01. The third-order valence-electron chi connectivity index (χ3n) is 4.12. The second-order valence-electron chi connectivity index (χ2n) is 6.56. The van der Waals surface area contributed by atoms with Crippen molar-refractivity contribution in [2.75, 3.05) is 12.4 Å². The van der Waals surface area contributed by atoms with Crippen LogP contribution in [0.4, 0.5) is 11.6 Å². The number of benzene rings is 1. The Morgan fingerprint density at radius 1 is 1.21 bits per heavy atom. The smallest absolute Gasteiger partial charge is 0.275 e. The Morgan fingerprint density at radius 2 is 1.96 bits per heavy atom. The molecule has 0 saturated heterocycles. The molecule has 2 aromatic heterocycles. The summed E-state index contributed by atoms with van der Waals surface area (Å²) >= 11 is 6.40. The van der Waals surface area contributed by atoms with E-state index in [4.69, 9.17) is 16.4 Å². The monoisotopic (exact) mass is 399 g/mol. The number of halogens is 1. The molecule has 0 aliphatic heterocycles. The van der Waals surface area contributed by atoms with E-state index in [-0.39, 0.29) is 11.9 Å². The zero-order valence-electron chi connectivity index (χ0n) is 16.2. The van der Waals surface area contributed by atoms with Gasteiger partial charge in [0.15, 0.2) is 0 Å². The van der Waals surface area contributed by atoms with Gasteiger partial charge in [-0.2, -0.15) is 5.10 Å². The summed E-state index contributed by atoms with van der Waals surface area (Å²) in [6, 6.07) is 11.1. The van der Waals surface area contributed by atoms with E-state index in [2.05, 4.69) is 34.7 Å². The van der Waals surface area contributed by atoms with Crippen LogP contribution >= 0.6 is 11.6 Å². The maximum atomic E-state index is 12.3. The largest absolute Gasteiger partial charge is 0.325 e. The number of hydrogen-bond acceptors (Lipinski definition) is 5. The molecular formula is C20H22ClN5O2. The van der Waals surface area contributed by atoms with Gasteiger partial charge in [-0.3, -0.25) is 9.63 Å². The van der Waals surface area contributed by atoms with E-state index < -0.39 is 0 Å². The van der Waals surface area contributed by atoms with Gasteiger partial charge in [-0.25, -0.2) is 15.1 Å². The van der Waals surface area contributed by atoms with Crippen LogP contribution in [0.2, 0.25) is 5.02 Å². The molecule has 7 nitrogen and oxygen atoms in total. The van der Waals surface area contributed by atoms with Crippen LogP contribution in [0.1, 0.15) is 35.9 Å². The summed E-state index contributed by atoms with van der Waals surface area (Å²) in [7, 11) is 1.39. The number of nitrogens with one attached hydrogen (secondary N) is 2. The SMILES string of the molecule is CONC(=O)c1ccccc1-c1cc(Nc2cc(C)nn2C(C)C)ncc1Cl. The summed E-state index contributed by atoms with van der Waals surface area (Å²) in [5, 5.41) is 8.23. The number of rotatable bonds is 6. The minimum absolute atomic E-state index is 0.196. The van der Waals surface area contributed by atoms with Crippen LogP contribution in [-0.4, -0.2) is 27.8 Å². The first-order chi connectivity index (χ1) is 13.4. The standard InChI is InChI=1S/C20H22ClN5O2/c1-12(2)26-19(9-13(3)24-26)23-18-10-16(17(21)11-22-18)14-7-5-6-8-15(14)20(27)25-28-4/h5-12H,1-4H3,(H,22,23)(H,25,27). The number of carbonyl (C=O) groups is 1. The molecule has 0 bridgehead atoms. The molecule has 1 aromatic carbocycles. The number of nitrogens with zero attached hydrogens (tertiary/aromatic N) is 3. The molecule has 28 heavy (non-hydrogen) atoms. The topological polar surface area (TPSA) is 81.1 Å². The number of amides is 1. The van der Waals surface area contributed by atoms with Gasteiger partial charge in [0.05, 0.1) is 17.8 Å².